The first-order valence-electron chi connectivity index (χ1n) is 6.16. The van der Waals surface area contributed by atoms with E-state index in [1.165, 1.54) is 0 Å². The summed E-state index contributed by atoms with van der Waals surface area (Å²) < 4.78 is 26.3. The van der Waals surface area contributed by atoms with Crippen molar-refractivity contribution >= 4 is 38.1 Å². The van der Waals surface area contributed by atoms with E-state index < -0.39 is 10.0 Å². The fourth-order valence-corrected chi connectivity index (χ4v) is 3.23. The lowest BCUT2D eigenvalue weighted by molar-refractivity contribution is 0.598. The van der Waals surface area contributed by atoms with Crippen LogP contribution in [0, 0.1) is 0 Å². The van der Waals surface area contributed by atoms with Crippen LogP contribution in [-0.4, -0.2) is 20.1 Å². The largest absolute Gasteiger partial charge is 0.284 e. The summed E-state index contributed by atoms with van der Waals surface area (Å²) in [6, 6.07) is 13.4. The molecule has 0 unspecified atom stereocenters. The van der Waals surface area contributed by atoms with Crippen molar-refractivity contribution in [2.24, 2.45) is 0 Å². The molecule has 0 atom stereocenters. The molecule has 0 radical (unpaired) electrons. The van der Waals surface area contributed by atoms with Gasteiger partial charge in [0, 0.05) is 11.6 Å². The second-order valence-electron chi connectivity index (χ2n) is 4.38. The number of halogens is 1. The van der Waals surface area contributed by atoms with Crippen LogP contribution in [0.15, 0.2) is 42.5 Å². The van der Waals surface area contributed by atoms with Crippen LogP contribution >= 0.6 is 11.6 Å². The molecule has 0 heterocycles. The molecule has 0 aliphatic carbocycles. The van der Waals surface area contributed by atoms with Gasteiger partial charge in [-0.05, 0) is 35.7 Å². The smallest absolute Gasteiger partial charge is 0.232 e. The Kier molecular flexibility index (Phi) is 4.66. The quantitative estimate of drug-likeness (QED) is 0.654. The highest BCUT2D eigenvalue weighted by Gasteiger charge is 2.09. The zero-order valence-electron chi connectivity index (χ0n) is 10.5. The van der Waals surface area contributed by atoms with E-state index in [2.05, 4.69) is 4.72 Å². The molecule has 2 rings (SSSR count). The SMILES string of the molecule is O=S(=O)(CCCCCl)Nc1ccc2ccccc2c1. The number of hydrogen-bond donors (Lipinski definition) is 1. The number of nitrogens with one attached hydrogen (secondary N) is 1. The molecule has 2 aromatic rings. The van der Waals surface area contributed by atoms with Gasteiger partial charge in [-0.15, -0.1) is 11.6 Å². The van der Waals surface area contributed by atoms with E-state index in [0.29, 0.717) is 24.4 Å². The molecule has 0 aliphatic heterocycles. The van der Waals surface area contributed by atoms with Gasteiger partial charge < -0.3 is 0 Å². The van der Waals surface area contributed by atoms with Crippen molar-refractivity contribution in [3.8, 4) is 0 Å². The molecule has 102 valence electrons. The van der Waals surface area contributed by atoms with Crippen LogP contribution in [0.4, 0.5) is 5.69 Å². The Morgan fingerprint density at radius 1 is 1.00 bits per heavy atom. The highest BCUT2D eigenvalue weighted by molar-refractivity contribution is 7.92. The molecule has 5 heteroatoms. The minimum Gasteiger partial charge on any atom is -0.284 e. The monoisotopic (exact) mass is 297 g/mol. The van der Waals surface area contributed by atoms with Gasteiger partial charge in [0.1, 0.15) is 0 Å². The standard InChI is InChI=1S/C14H16ClNO2S/c15-9-3-4-10-19(17,18)16-14-8-7-12-5-1-2-6-13(12)11-14/h1-2,5-8,11,16H,3-4,9-10H2. The molecule has 3 nitrogen and oxygen atoms in total. The second kappa shape index (κ2) is 6.26. The Balaban J connectivity index is 2.12. The molecule has 0 aliphatic rings. The highest BCUT2D eigenvalue weighted by atomic mass is 35.5. The van der Waals surface area contributed by atoms with Crippen molar-refractivity contribution in [2.45, 2.75) is 12.8 Å². The number of benzene rings is 2. The Morgan fingerprint density at radius 2 is 1.74 bits per heavy atom. The fraction of sp³-hybridized carbons (Fsp3) is 0.286. The number of sulfonamides is 1. The maximum Gasteiger partial charge on any atom is 0.232 e. The van der Waals surface area contributed by atoms with Crippen molar-refractivity contribution in [1.82, 2.24) is 0 Å². The van der Waals surface area contributed by atoms with E-state index in [4.69, 9.17) is 11.6 Å². The van der Waals surface area contributed by atoms with Gasteiger partial charge in [0.25, 0.3) is 0 Å². The third kappa shape index (κ3) is 4.11. The van der Waals surface area contributed by atoms with Gasteiger partial charge in [-0.1, -0.05) is 30.3 Å². The van der Waals surface area contributed by atoms with Crippen LogP contribution in [0.25, 0.3) is 10.8 Å². The van der Waals surface area contributed by atoms with Crippen LogP contribution in [0.3, 0.4) is 0 Å². The molecule has 1 N–H and O–H groups in total. The van der Waals surface area contributed by atoms with Crippen LogP contribution in [0.5, 0.6) is 0 Å². The van der Waals surface area contributed by atoms with Crippen molar-refractivity contribution in [3.63, 3.8) is 0 Å². The van der Waals surface area contributed by atoms with Gasteiger partial charge in [-0.2, -0.15) is 0 Å². The first kappa shape index (κ1) is 14.2. The summed E-state index contributed by atoms with van der Waals surface area (Å²) >= 11 is 5.54. The number of anilines is 1. The number of hydrogen-bond acceptors (Lipinski definition) is 2. The van der Waals surface area contributed by atoms with Gasteiger partial charge in [0.05, 0.1) is 5.75 Å². The molecule has 0 saturated carbocycles. The molecule has 0 aromatic heterocycles. The molecule has 0 saturated heterocycles. The third-order valence-electron chi connectivity index (χ3n) is 2.82. The summed E-state index contributed by atoms with van der Waals surface area (Å²) in [5, 5.41) is 2.11. The lowest BCUT2D eigenvalue weighted by atomic mass is 10.1. The van der Waals surface area contributed by atoms with Crippen molar-refractivity contribution in [1.29, 1.82) is 0 Å². The van der Waals surface area contributed by atoms with Gasteiger partial charge >= 0.3 is 0 Å². The van der Waals surface area contributed by atoms with E-state index in [1.54, 1.807) is 6.07 Å². The maximum absolute atomic E-state index is 11.9. The van der Waals surface area contributed by atoms with Crippen LogP contribution in [0.1, 0.15) is 12.8 Å². The lowest BCUT2D eigenvalue weighted by Gasteiger charge is -2.08. The van der Waals surface area contributed by atoms with Gasteiger partial charge in [0.2, 0.25) is 10.0 Å². The summed E-state index contributed by atoms with van der Waals surface area (Å²) in [5.41, 5.74) is 0.601. The Hall–Kier alpha value is -1.26. The minimum absolute atomic E-state index is 0.104. The summed E-state index contributed by atoms with van der Waals surface area (Å²) in [5.74, 6) is 0.595. The second-order valence-corrected chi connectivity index (χ2v) is 6.60. The van der Waals surface area contributed by atoms with E-state index >= 15 is 0 Å². The summed E-state index contributed by atoms with van der Waals surface area (Å²) in [4.78, 5) is 0. The fourth-order valence-electron chi connectivity index (χ4n) is 1.87. The molecule has 2 aromatic carbocycles. The number of alkyl halides is 1. The molecule has 0 spiro atoms. The molecule has 0 fully saturated rings. The normalized spacial score (nSPS) is 11.6. The summed E-state index contributed by atoms with van der Waals surface area (Å²) in [6.07, 6.45) is 1.28. The Labute approximate surface area is 118 Å². The Bertz CT molecular complexity index is 655. The third-order valence-corrected chi connectivity index (χ3v) is 4.46. The minimum atomic E-state index is -3.28. The Morgan fingerprint density at radius 3 is 2.47 bits per heavy atom. The van der Waals surface area contributed by atoms with E-state index in [-0.39, 0.29) is 5.75 Å². The van der Waals surface area contributed by atoms with Crippen molar-refractivity contribution in [3.05, 3.63) is 42.5 Å². The first-order valence-corrected chi connectivity index (χ1v) is 8.35. The van der Waals surface area contributed by atoms with Gasteiger partial charge in [0.15, 0.2) is 0 Å². The van der Waals surface area contributed by atoms with Gasteiger partial charge in [-0.25, -0.2) is 8.42 Å². The van der Waals surface area contributed by atoms with Crippen molar-refractivity contribution in [2.75, 3.05) is 16.4 Å². The molecule has 0 bridgehead atoms. The summed E-state index contributed by atoms with van der Waals surface area (Å²) in [6.45, 7) is 0. The molecular formula is C14H16ClNO2S. The summed E-state index contributed by atoms with van der Waals surface area (Å²) in [7, 11) is -3.28. The van der Waals surface area contributed by atoms with E-state index in [0.717, 1.165) is 10.8 Å². The molecule has 0 amide bonds. The first-order chi connectivity index (χ1) is 9.11. The zero-order valence-corrected chi connectivity index (χ0v) is 12.0. The molecular weight excluding hydrogens is 282 g/mol. The average Bonchev–Trinajstić information content (AvgIpc) is 2.38. The maximum atomic E-state index is 11.9. The number of fused-ring (bicyclic) bond motifs is 1. The average molecular weight is 298 g/mol. The number of unbranched alkanes of at least 4 members (excludes halogenated alkanes) is 1. The van der Waals surface area contributed by atoms with Crippen LogP contribution in [0.2, 0.25) is 0 Å². The topological polar surface area (TPSA) is 46.2 Å². The van der Waals surface area contributed by atoms with E-state index in [9.17, 15) is 8.42 Å². The highest BCUT2D eigenvalue weighted by Crippen LogP contribution is 2.19. The lowest BCUT2D eigenvalue weighted by Crippen LogP contribution is -2.16. The van der Waals surface area contributed by atoms with Crippen LogP contribution in [-0.2, 0) is 10.0 Å². The van der Waals surface area contributed by atoms with Crippen LogP contribution < -0.4 is 4.72 Å². The predicted octanol–water partition coefficient (Wildman–Crippen LogP) is 3.60. The number of rotatable bonds is 6. The van der Waals surface area contributed by atoms with E-state index in [1.807, 2.05) is 36.4 Å². The molecule has 19 heavy (non-hydrogen) atoms. The predicted molar refractivity (Wildman–Crippen MR) is 81.3 cm³/mol. The zero-order chi connectivity index (χ0) is 13.7. The van der Waals surface area contributed by atoms with Crippen molar-refractivity contribution < 1.29 is 8.42 Å². The van der Waals surface area contributed by atoms with Gasteiger partial charge in [-0.3, -0.25) is 4.72 Å².